The molecule has 0 heterocycles. The SMILES string of the molecule is c1ccc(N(c2ccccc2)c2ccc3c(-c4ccc5c6cccc7cccc(c8cccc4c85)c76)c4cc(N(c5ccccc5)c5ccccc5)ccc4c(-c4ccc5c6cccc7cccc(c8cccc4c85)c76)c3c2)cc1. The van der Waals surface area contributed by atoms with Crippen LogP contribution in [0.3, 0.4) is 0 Å². The Morgan fingerprint density at radius 2 is 0.438 bits per heavy atom. The van der Waals surface area contributed by atoms with Gasteiger partial charge >= 0.3 is 0 Å². The second kappa shape index (κ2) is 17.5. The topological polar surface area (TPSA) is 6.48 Å². The minimum atomic E-state index is 1.09. The molecule has 17 rings (SSSR count). The maximum atomic E-state index is 2.48. The van der Waals surface area contributed by atoms with Gasteiger partial charge in [-0.25, -0.2) is 0 Å². The number of para-hydroxylation sites is 4. The smallest absolute Gasteiger partial charge is 0.0468 e. The van der Waals surface area contributed by atoms with Gasteiger partial charge < -0.3 is 9.80 Å². The van der Waals surface area contributed by atoms with Crippen LogP contribution in [-0.2, 0) is 0 Å². The molecule has 370 valence electrons. The molecule has 0 radical (unpaired) electrons. The summed E-state index contributed by atoms with van der Waals surface area (Å²) in [6.07, 6.45) is 0. The highest BCUT2D eigenvalue weighted by Crippen LogP contribution is 2.53. The molecule has 2 nitrogen and oxygen atoms in total. The van der Waals surface area contributed by atoms with Crippen molar-refractivity contribution in [2.75, 3.05) is 9.80 Å². The monoisotopic (exact) mass is 1010 g/mol. The largest absolute Gasteiger partial charge is 0.310 e. The molecule has 0 aromatic heterocycles. The molecular formula is C78H48N2. The molecular weight excluding hydrogens is 965 g/mol. The Hall–Kier alpha value is -10.5. The highest BCUT2D eigenvalue weighted by atomic mass is 15.1. The van der Waals surface area contributed by atoms with Gasteiger partial charge in [0.2, 0.25) is 0 Å². The Labute approximate surface area is 462 Å². The van der Waals surface area contributed by atoms with Gasteiger partial charge in [-0.1, -0.05) is 218 Å². The third-order valence-electron chi connectivity index (χ3n) is 17.2. The van der Waals surface area contributed by atoms with Gasteiger partial charge in [0.1, 0.15) is 0 Å². The van der Waals surface area contributed by atoms with Crippen LogP contribution in [0.4, 0.5) is 34.1 Å². The normalized spacial score (nSPS) is 12.0. The van der Waals surface area contributed by atoms with Gasteiger partial charge in [0.05, 0.1) is 0 Å². The lowest BCUT2D eigenvalue weighted by Crippen LogP contribution is -2.10. The second-order valence-corrected chi connectivity index (χ2v) is 21.4. The maximum Gasteiger partial charge on any atom is 0.0468 e. The van der Waals surface area contributed by atoms with Crippen LogP contribution in [0.15, 0.2) is 291 Å². The fourth-order valence-electron chi connectivity index (χ4n) is 14.0. The number of rotatable bonds is 8. The summed E-state index contributed by atoms with van der Waals surface area (Å²) >= 11 is 0. The Balaban J connectivity index is 1.05. The van der Waals surface area contributed by atoms with Crippen molar-refractivity contribution in [1.29, 1.82) is 0 Å². The van der Waals surface area contributed by atoms with E-state index < -0.39 is 0 Å². The van der Waals surface area contributed by atoms with E-state index >= 15 is 0 Å². The fraction of sp³-hybridized carbons (Fsp3) is 0. The number of hydrogen-bond acceptors (Lipinski definition) is 2. The van der Waals surface area contributed by atoms with Crippen LogP contribution in [0.1, 0.15) is 0 Å². The zero-order valence-electron chi connectivity index (χ0n) is 43.6. The minimum absolute atomic E-state index is 1.09. The van der Waals surface area contributed by atoms with Gasteiger partial charge in [-0.15, -0.1) is 0 Å². The number of benzene rings is 17. The molecule has 17 aromatic carbocycles. The molecule has 0 bridgehead atoms. The minimum Gasteiger partial charge on any atom is -0.310 e. The maximum absolute atomic E-state index is 2.48. The van der Waals surface area contributed by atoms with Crippen molar-refractivity contribution in [3.8, 4) is 22.3 Å². The highest BCUT2D eigenvalue weighted by Gasteiger charge is 2.26. The van der Waals surface area contributed by atoms with Gasteiger partial charge in [-0.05, 0) is 203 Å². The first-order chi connectivity index (χ1) is 39.7. The first kappa shape index (κ1) is 44.6. The lowest BCUT2D eigenvalue weighted by atomic mass is 9.81. The van der Waals surface area contributed by atoms with E-state index in [9.17, 15) is 0 Å². The average Bonchev–Trinajstić information content (AvgIpc) is 3.41. The third-order valence-corrected chi connectivity index (χ3v) is 17.2. The molecule has 2 heteroatoms. The first-order valence-electron chi connectivity index (χ1n) is 27.7. The quantitative estimate of drug-likeness (QED) is 0.111. The number of nitrogens with zero attached hydrogens (tertiary/aromatic N) is 2. The van der Waals surface area contributed by atoms with Gasteiger partial charge in [0, 0.05) is 34.1 Å². The summed E-state index contributed by atoms with van der Waals surface area (Å²) in [5.74, 6) is 0. The molecule has 0 aliphatic rings. The number of fused-ring (bicyclic) bond motifs is 6. The van der Waals surface area contributed by atoms with Crippen LogP contribution in [0, 0.1) is 0 Å². The van der Waals surface area contributed by atoms with Crippen LogP contribution in [0.2, 0.25) is 0 Å². The van der Waals surface area contributed by atoms with Crippen LogP contribution in [0.5, 0.6) is 0 Å². The standard InChI is InChI=1S/C78H48N2/c1-5-23-51(24-6-1)79(52-25-7-2-8-26-52)55-39-41-69-71(47-55)77(67-45-43-65-59-33-15-21-49-19-13-31-57(73(49)59)61-35-17-37-63(67)75(61)65)70-42-40-56(80(53-27-9-3-10-28-53)54-29-11-4-12-30-54)48-72(70)78(69)68-46-44-66-60-34-16-22-50-20-14-32-58(74(50)60)62-36-18-38-64(68)76(62)66/h1-48H. The van der Waals surface area contributed by atoms with E-state index in [4.69, 9.17) is 0 Å². The number of hydrogen-bond donors (Lipinski definition) is 0. The van der Waals surface area contributed by atoms with E-state index in [0.29, 0.717) is 0 Å². The highest BCUT2D eigenvalue weighted by molar-refractivity contribution is 6.38. The third kappa shape index (κ3) is 6.54. The van der Waals surface area contributed by atoms with Crippen molar-refractivity contribution < 1.29 is 0 Å². The summed E-state index contributed by atoms with van der Waals surface area (Å²) < 4.78 is 0. The summed E-state index contributed by atoms with van der Waals surface area (Å²) in [6, 6.07) is 109. The van der Waals surface area contributed by atoms with E-state index in [1.54, 1.807) is 0 Å². The molecule has 80 heavy (non-hydrogen) atoms. The first-order valence-corrected chi connectivity index (χ1v) is 27.7. The molecule has 0 fully saturated rings. The molecule has 0 saturated heterocycles. The summed E-state index contributed by atoms with van der Waals surface area (Å²) in [4.78, 5) is 4.81. The van der Waals surface area contributed by atoms with Crippen LogP contribution in [0.25, 0.3) is 130 Å². The van der Waals surface area contributed by atoms with Crippen LogP contribution in [-0.4, -0.2) is 0 Å². The van der Waals surface area contributed by atoms with E-state index in [-0.39, 0.29) is 0 Å². The van der Waals surface area contributed by atoms with Crippen LogP contribution < -0.4 is 9.80 Å². The summed E-state index contributed by atoms with van der Waals surface area (Å²) in [5, 5.41) is 25.3. The molecule has 0 spiro atoms. The van der Waals surface area contributed by atoms with E-state index in [1.165, 1.54) is 130 Å². The molecule has 0 unspecified atom stereocenters. The number of anilines is 6. The van der Waals surface area contributed by atoms with Crippen molar-refractivity contribution in [2.45, 2.75) is 0 Å². The predicted molar refractivity (Wildman–Crippen MR) is 344 cm³/mol. The molecule has 0 amide bonds. The van der Waals surface area contributed by atoms with Crippen molar-refractivity contribution >= 4 is 142 Å². The average molecular weight is 1010 g/mol. The van der Waals surface area contributed by atoms with Crippen LogP contribution >= 0.6 is 0 Å². The summed E-state index contributed by atoms with van der Waals surface area (Å²) in [6.45, 7) is 0. The summed E-state index contributed by atoms with van der Waals surface area (Å²) in [7, 11) is 0. The van der Waals surface area contributed by atoms with E-state index in [2.05, 4.69) is 301 Å². The fourth-order valence-corrected chi connectivity index (χ4v) is 14.0. The zero-order chi connectivity index (χ0) is 52.4. The molecule has 0 saturated carbocycles. The lowest BCUT2D eigenvalue weighted by molar-refractivity contribution is 1.29. The zero-order valence-corrected chi connectivity index (χ0v) is 43.6. The molecule has 0 N–H and O–H groups in total. The second-order valence-electron chi connectivity index (χ2n) is 21.4. The van der Waals surface area contributed by atoms with Crippen molar-refractivity contribution in [3.63, 3.8) is 0 Å². The van der Waals surface area contributed by atoms with Gasteiger partial charge in [-0.2, -0.15) is 0 Å². The molecule has 0 aliphatic heterocycles. The van der Waals surface area contributed by atoms with Gasteiger partial charge in [0.15, 0.2) is 0 Å². The van der Waals surface area contributed by atoms with Gasteiger partial charge in [-0.3, -0.25) is 0 Å². The molecule has 17 aromatic rings. The predicted octanol–water partition coefficient (Wildman–Crippen LogP) is 22.4. The van der Waals surface area contributed by atoms with Crippen molar-refractivity contribution in [3.05, 3.63) is 291 Å². The van der Waals surface area contributed by atoms with Crippen molar-refractivity contribution in [1.82, 2.24) is 0 Å². The molecule has 0 atom stereocenters. The van der Waals surface area contributed by atoms with Crippen molar-refractivity contribution in [2.24, 2.45) is 0 Å². The Bertz CT molecular complexity index is 4770. The summed E-state index contributed by atoms with van der Waals surface area (Å²) in [5.41, 5.74) is 11.4. The Morgan fingerprint density at radius 1 is 0.163 bits per heavy atom. The molecule has 0 aliphatic carbocycles. The van der Waals surface area contributed by atoms with E-state index in [1.807, 2.05) is 0 Å². The van der Waals surface area contributed by atoms with Gasteiger partial charge in [0.25, 0.3) is 0 Å². The Morgan fingerprint density at radius 3 is 0.775 bits per heavy atom. The lowest BCUT2D eigenvalue weighted by Gasteiger charge is -2.28. The van der Waals surface area contributed by atoms with E-state index in [0.717, 1.165) is 34.1 Å². The Kier molecular flexibility index (Phi) is 9.75.